The summed E-state index contributed by atoms with van der Waals surface area (Å²) < 4.78 is 33.2. The minimum atomic E-state index is -1.14. The van der Waals surface area contributed by atoms with Gasteiger partial charge in [-0.3, -0.25) is 9.59 Å². The maximum atomic E-state index is 14.5. The third-order valence-corrected chi connectivity index (χ3v) is 7.57. The van der Waals surface area contributed by atoms with E-state index in [9.17, 15) is 28.3 Å². The molecule has 1 unspecified atom stereocenters. The van der Waals surface area contributed by atoms with Crippen molar-refractivity contribution < 1.29 is 33.0 Å². The number of esters is 1. The maximum absolute atomic E-state index is 14.5. The maximum Gasteiger partial charge on any atom is 0.326 e. The minimum absolute atomic E-state index is 0.0968. The van der Waals surface area contributed by atoms with Crippen LogP contribution in [0.1, 0.15) is 83.6 Å². The van der Waals surface area contributed by atoms with Gasteiger partial charge in [-0.1, -0.05) is 92.5 Å². The second-order valence-corrected chi connectivity index (χ2v) is 11.9. The second-order valence-electron chi connectivity index (χ2n) is 11.9. The average Bonchev–Trinajstić information content (AvgIpc) is 3.10. The van der Waals surface area contributed by atoms with Crippen LogP contribution in [0, 0.1) is 11.6 Å². The van der Waals surface area contributed by atoms with E-state index in [2.05, 4.69) is 84.9 Å². The average molecular weight is 715 g/mol. The summed E-state index contributed by atoms with van der Waals surface area (Å²) in [6.45, 7) is 7.57. The van der Waals surface area contributed by atoms with Gasteiger partial charge in [-0.05, 0) is 87.6 Å². The van der Waals surface area contributed by atoms with Gasteiger partial charge in [0.1, 0.15) is 23.4 Å². The van der Waals surface area contributed by atoms with E-state index >= 15 is 0 Å². The van der Waals surface area contributed by atoms with E-state index in [1.54, 1.807) is 0 Å². The fourth-order valence-electron chi connectivity index (χ4n) is 4.92. The van der Waals surface area contributed by atoms with Crippen molar-refractivity contribution in [3.05, 3.63) is 133 Å². The fraction of sp³-hybridized carbons (Fsp3) is 0.326. The molecule has 0 bridgehead atoms. The van der Waals surface area contributed by atoms with E-state index in [1.165, 1.54) is 31.2 Å². The van der Waals surface area contributed by atoms with Crippen LogP contribution in [0.5, 0.6) is 5.75 Å². The monoisotopic (exact) mass is 714 g/mol. The summed E-state index contributed by atoms with van der Waals surface area (Å²) in [7, 11) is 0. The number of carbonyl (C=O) groups excluding carboxylic acids is 2. The Balaban J connectivity index is 1.71. The molecule has 2 aromatic carbocycles. The zero-order valence-electron chi connectivity index (χ0n) is 30.3. The summed E-state index contributed by atoms with van der Waals surface area (Å²) in [6.07, 6.45) is 32.6. The van der Waals surface area contributed by atoms with E-state index in [4.69, 9.17) is 4.74 Å². The molecule has 2 rings (SSSR count). The Labute approximate surface area is 307 Å². The van der Waals surface area contributed by atoms with Crippen LogP contribution in [-0.2, 0) is 14.4 Å². The first kappa shape index (κ1) is 42.9. The number of hydrogen-bond donors (Lipinski definition) is 3. The first-order valence-electron chi connectivity index (χ1n) is 17.8. The van der Waals surface area contributed by atoms with Crippen molar-refractivity contribution in [3.8, 4) is 16.9 Å². The van der Waals surface area contributed by atoms with Crippen molar-refractivity contribution in [2.45, 2.75) is 84.1 Å². The van der Waals surface area contributed by atoms with Crippen molar-refractivity contribution in [3.63, 3.8) is 0 Å². The highest BCUT2D eigenvalue weighted by molar-refractivity contribution is 5.81. The van der Waals surface area contributed by atoms with Gasteiger partial charge in [-0.25, -0.2) is 13.6 Å². The number of halogens is 2. The van der Waals surface area contributed by atoms with Gasteiger partial charge in [-0.15, -0.1) is 0 Å². The van der Waals surface area contributed by atoms with Gasteiger partial charge >= 0.3 is 11.9 Å². The lowest BCUT2D eigenvalue weighted by molar-refractivity contribution is -0.139. The molecule has 0 aliphatic rings. The number of hydrogen-bond acceptors (Lipinski definition) is 5. The van der Waals surface area contributed by atoms with Crippen LogP contribution in [-0.4, -0.2) is 35.5 Å². The summed E-state index contributed by atoms with van der Waals surface area (Å²) in [6, 6.07) is 6.52. The van der Waals surface area contributed by atoms with Gasteiger partial charge in [0.15, 0.2) is 0 Å². The smallest absolute Gasteiger partial charge is 0.326 e. The Bertz CT molecular complexity index is 1640. The highest BCUT2D eigenvalue weighted by Crippen LogP contribution is 2.32. The predicted octanol–water partition coefficient (Wildman–Crippen LogP) is 9.94. The van der Waals surface area contributed by atoms with Crippen molar-refractivity contribution in [2.24, 2.45) is 0 Å². The molecule has 3 N–H and O–H groups in total. The molecule has 2 aromatic rings. The van der Waals surface area contributed by atoms with E-state index < -0.39 is 29.6 Å². The zero-order valence-corrected chi connectivity index (χ0v) is 30.3. The summed E-state index contributed by atoms with van der Waals surface area (Å²) in [5, 5.41) is 15.5. The lowest BCUT2D eigenvalue weighted by atomic mass is 10.00. The first-order chi connectivity index (χ1) is 25.1. The molecule has 52 heavy (non-hydrogen) atoms. The van der Waals surface area contributed by atoms with Crippen LogP contribution in [0.3, 0.4) is 0 Å². The molecule has 0 fully saturated rings. The number of nitrogens with one attached hydrogen (secondary N) is 2. The number of allylic oxidation sites excluding steroid dienone is 12. The van der Waals surface area contributed by atoms with Gasteiger partial charge < -0.3 is 20.5 Å². The standard InChI is InChI=1S/C43H52F2N2O5/c1-4-5-6-7-8-9-10-11-12-13-14-15-16-17-18-19-20-21-22-25-42(49)46-30-23-24-40(43(50)51)47-33(2)38-31-35(26-29-41(38)52-34(3)48)37-28-27-36(44)32-39(37)45/h5-6,8-9,11-12,14-15,17-18,20-21,26-29,31-32,40,47H,2,4,7,10,13,16,19,22-25,30H2,1,3H3,(H,46,49)(H,50,51)/b6-5-,9-8-,12-11-,15-14-,18-17-,21-20-. The number of carbonyl (C=O) groups is 3. The zero-order chi connectivity index (χ0) is 38.0. The highest BCUT2D eigenvalue weighted by atomic mass is 19.1. The molecular formula is C43H52F2N2O5. The van der Waals surface area contributed by atoms with Crippen LogP contribution in [0.4, 0.5) is 8.78 Å². The van der Waals surface area contributed by atoms with Crippen LogP contribution in [0.2, 0.25) is 0 Å². The molecule has 7 nitrogen and oxygen atoms in total. The van der Waals surface area contributed by atoms with Crippen molar-refractivity contribution in [1.29, 1.82) is 0 Å². The molecule has 0 aliphatic carbocycles. The normalized spacial score (nSPS) is 12.5. The Hall–Kier alpha value is -5.31. The van der Waals surface area contributed by atoms with Gasteiger partial charge in [0.05, 0.1) is 0 Å². The largest absolute Gasteiger partial charge is 0.480 e. The third-order valence-electron chi connectivity index (χ3n) is 7.57. The lowest BCUT2D eigenvalue weighted by Crippen LogP contribution is -2.36. The van der Waals surface area contributed by atoms with Gasteiger partial charge in [0, 0.05) is 42.8 Å². The van der Waals surface area contributed by atoms with E-state index in [-0.39, 0.29) is 34.9 Å². The van der Waals surface area contributed by atoms with E-state index in [1.807, 2.05) is 12.2 Å². The topological polar surface area (TPSA) is 105 Å². The Morgan fingerprint density at radius 3 is 1.94 bits per heavy atom. The SMILES string of the molecule is C=C(NC(CCCNC(=O)CC/C=C\C/C=C\C/C=C\C/C=C\C/C=C\C/C=C\CC)C(=O)O)c1cc(-c2ccc(F)cc2F)ccc1OC(C)=O. The van der Waals surface area contributed by atoms with Crippen molar-refractivity contribution in [1.82, 2.24) is 10.6 Å². The van der Waals surface area contributed by atoms with E-state index in [0.29, 0.717) is 31.4 Å². The van der Waals surface area contributed by atoms with Gasteiger partial charge in [0.25, 0.3) is 0 Å². The number of aliphatic carboxylic acids is 1. The van der Waals surface area contributed by atoms with E-state index in [0.717, 1.165) is 50.7 Å². The Kier molecular flexibility index (Phi) is 21.1. The number of carboxylic acids is 1. The molecule has 0 radical (unpaired) electrons. The van der Waals surface area contributed by atoms with Crippen LogP contribution in [0.25, 0.3) is 16.8 Å². The molecule has 0 spiro atoms. The number of ether oxygens (including phenoxy) is 1. The molecular weight excluding hydrogens is 662 g/mol. The Morgan fingerprint density at radius 1 is 0.827 bits per heavy atom. The quantitative estimate of drug-likeness (QED) is 0.0433. The Morgan fingerprint density at radius 2 is 1.40 bits per heavy atom. The van der Waals surface area contributed by atoms with Gasteiger partial charge in [-0.2, -0.15) is 0 Å². The molecule has 9 heteroatoms. The van der Waals surface area contributed by atoms with Crippen LogP contribution in [0.15, 0.2) is 116 Å². The van der Waals surface area contributed by atoms with Crippen LogP contribution < -0.4 is 15.4 Å². The minimum Gasteiger partial charge on any atom is -0.480 e. The number of carboxylic acid groups (broad SMARTS) is 1. The molecule has 1 amide bonds. The van der Waals surface area contributed by atoms with Crippen molar-refractivity contribution >= 4 is 23.5 Å². The van der Waals surface area contributed by atoms with Gasteiger partial charge in [0.2, 0.25) is 5.91 Å². The first-order valence-corrected chi connectivity index (χ1v) is 17.8. The molecule has 0 heterocycles. The summed E-state index contributed by atoms with van der Waals surface area (Å²) in [5.74, 6) is -3.29. The molecule has 0 aliphatic heterocycles. The number of amides is 1. The van der Waals surface area contributed by atoms with Crippen LogP contribution >= 0.6 is 0 Å². The van der Waals surface area contributed by atoms with Crippen molar-refractivity contribution in [2.75, 3.05) is 6.54 Å². The molecule has 1 atom stereocenters. The number of rotatable bonds is 24. The lowest BCUT2D eigenvalue weighted by Gasteiger charge is -2.20. The predicted molar refractivity (Wildman–Crippen MR) is 206 cm³/mol. The second kappa shape index (κ2) is 25.6. The molecule has 0 saturated heterocycles. The summed E-state index contributed by atoms with van der Waals surface area (Å²) in [4.78, 5) is 36.0. The summed E-state index contributed by atoms with van der Waals surface area (Å²) in [5.41, 5.74) is 0.833. The molecule has 0 saturated carbocycles. The molecule has 0 aromatic heterocycles. The fourth-order valence-corrected chi connectivity index (χ4v) is 4.92. The highest BCUT2D eigenvalue weighted by Gasteiger charge is 2.21. The number of benzene rings is 2. The summed E-state index contributed by atoms with van der Waals surface area (Å²) >= 11 is 0. The molecule has 278 valence electrons. The third kappa shape index (κ3) is 18.1.